The third kappa shape index (κ3) is 4.20. The normalized spacial score (nSPS) is 15.9. The standard InChI is InChI=1S/C24H24N4O4S/c1-3-4-7-12-33-24-25-22-21(26-27-24)17-8-5-6-9-18(17)28(15(2)29)23(32-22)16-10-11-19-20(13-16)31-14-30-19/h5-6,8-11,13,23H,3-4,7,12,14H2,1-2H3/t23-/m1/s1. The molecule has 1 aromatic heterocycles. The van der Waals surface area contributed by atoms with Gasteiger partial charge < -0.3 is 14.2 Å². The molecule has 2 aliphatic heterocycles. The second kappa shape index (κ2) is 9.27. The molecule has 1 amide bonds. The highest BCUT2D eigenvalue weighted by molar-refractivity contribution is 7.99. The number of nitrogens with zero attached hydrogens (tertiary/aromatic N) is 4. The van der Waals surface area contributed by atoms with E-state index in [1.165, 1.54) is 6.92 Å². The first-order valence-electron chi connectivity index (χ1n) is 11.0. The van der Waals surface area contributed by atoms with Gasteiger partial charge in [-0.1, -0.05) is 49.7 Å². The molecule has 0 saturated heterocycles. The lowest BCUT2D eigenvalue weighted by molar-refractivity contribution is -0.118. The Balaban J connectivity index is 1.59. The second-order valence-electron chi connectivity index (χ2n) is 7.79. The topological polar surface area (TPSA) is 86.7 Å². The minimum atomic E-state index is -0.756. The van der Waals surface area contributed by atoms with E-state index < -0.39 is 6.23 Å². The number of aromatic nitrogens is 3. The Labute approximate surface area is 196 Å². The zero-order valence-corrected chi connectivity index (χ0v) is 19.3. The molecule has 2 aliphatic rings. The summed E-state index contributed by atoms with van der Waals surface area (Å²) in [6, 6.07) is 13.1. The van der Waals surface area contributed by atoms with Crippen molar-refractivity contribution < 1.29 is 19.0 Å². The van der Waals surface area contributed by atoms with E-state index >= 15 is 0 Å². The van der Waals surface area contributed by atoms with Crippen LogP contribution in [0.2, 0.25) is 0 Å². The van der Waals surface area contributed by atoms with Gasteiger partial charge in [-0.15, -0.1) is 10.2 Å². The van der Waals surface area contributed by atoms with Crippen molar-refractivity contribution in [1.82, 2.24) is 15.2 Å². The van der Waals surface area contributed by atoms with Crippen LogP contribution in [0, 0.1) is 0 Å². The number of hydrogen-bond acceptors (Lipinski definition) is 8. The van der Waals surface area contributed by atoms with Gasteiger partial charge in [-0.05, 0) is 30.7 Å². The van der Waals surface area contributed by atoms with Crippen molar-refractivity contribution in [3.63, 3.8) is 0 Å². The van der Waals surface area contributed by atoms with Gasteiger partial charge in [-0.25, -0.2) is 0 Å². The van der Waals surface area contributed by atoms with Crippen LogP contribution in [0.25, 0.3) is 11.3 Å². The fourth-order valence-electron chi connectivity index (χ4n) is 3.91. The van der Waals surface area contributed by atoms with Crippen molar-refractivity contribution in [3.05, 3.63) is 48.0 Å². The predicted octanol–water partition coefficient (Wildman–Crippen LogP) is 4.99. The third-order valence-corrected chi connectivity index (χ3v) is 6.44. The molecule has 0 radical (unpaired) electrons. The van der Waals surface area contributed by atoms with Crippen molar-refractivity contribution >= 4 is 23.4 Å². The van der Waals surface area contributed by atoms with Crippen LogP contribution in [0.4, 0.5) is 5.69 Å². The molecule has 0 N–H and O–H groups in total. The van der Waals surface area contributed by atoms with Crippen LogP contribution < -0.4 is 19.1 Å². The maximum atomic E-state index is 12.9. The highest BCUT2D eigenvalue weighted by atomic mass is 32.2. The lowest BCUT2D eigenvalue weighted by atomic mass is 10.1. The van der Waals surface area contributed by atoms with Gasteiger partial charge in [0.25, 0.3) is 0 Å². The number of thioether (sulfide) groups is 1. The molecular formula is C24H24N4O4S. The van der Waals surface area contributed by atoms with Gasteiger partial charge in [-0.2, -0.15) is 4.98 Å². The summed E-state index contributed by atoms with van der Waals surface area (Å²) in [5, 5.41) is 9.34. The minimum absolute atomic E-state index is 0.167. The number of rotatable bonds is 6. The van der Waals surface area contributed by atoms with Gasteiger partial charge >= 0.3 is 0 Å². The van der Waals surface area contributed by atoms with Crippen molar-refractivity contribution in [3.8, 4) is 28.6 Å². The molecule has 33 heavy (non-hydrogen) atoms. The average molecular weight is 465 g/mol. The second-order valence-corrected chi connectivity index (χ2v) is 8.85. The molecule has 0 spiro atoms. The van der Waals surface area contributed by atoms with E-state index in [1.807, 2.05) is 42.5 Å². The summed E-state index contributed by atoms with van der Waals surface area (Å²) < 4.78 is 17.4. The maximum absolute atomic E-state index is 12.9. The van der Waals surface area contributed by atoms with Gasteiger partial charge in [0, 0.05) is 23.8 Å². The van der Waals surface area contributed by atoms with Gasteiger partial charge in [0.2, 0.25) is 30.0 Å². The van der Waals surface area contributed by atoms with Crippen molar-refractivity contribution in [2.75, 3.05) is 17.4 Å². The zero-order valence-electron chi connectivity index (χ0n) is 18.5. The number of fused-ring (bicyclic) bond motifs is 4. The fourth-order valence-corrected chi connectivity index (χ4v) is 4.69. The number of ether oxygens (including phenoxy) is 3. The molecule has 9 heteroatoms. The van der Waals surface area contributed by atoms with Gasteiger partial charge in [0.1, 0.15) is 0 Å². The molecule has 0 saturated carbocycles. The monoisotopic (exact) mass is 464 g/mol. The molecule has 0 aliphatic carbocycles. The predicted molar refractivity (Wildman–Crippen MR) is 125 cm³/mol. The van der Waals surface area contributed by atoms with Gasteiger partial charge in [-0.3, -0.25) is 9.69 Å². The molecule has 3 heterocycles. The molecule has 8 nitrogen and oxygen atoms in total. The van der Waals surface area contributed by atoms with E-state index in [0.717, 1.165) is 36.1 Å². The van der Waals surface area contributed by atoms with Crippen LogP contribution in [0.3, 0.4) is 0 Å². The molecule has 0 unspecified atom stereocenters. The number of benzene rings is 2. The number of carbonyl (C=O) groups excluding carboxylic acids is 1. The third-order valence-electron chi connectivity index (χ3n) is 5.51. The molecule has 2 aromatic carbocycles. The Bertz CT molecular complexity index is 1190. The minimum Gasteiger partial charge on any atom is -0.454 e. The molecular weight excluding hydrogens is 440 g/mol. The van der Waals surface area contributed by atoms with Gasteiger partial charge in [0.05, 0.1) is 5.69 Å². The zero-order chi connectivity index (χ0) is 22.8. The molecule has 1 atom stereocenters. The van der Waals surface area contributed by atoms with Crippen LogP contribution in [-0.2, 0) is 4.79 Å². The largest absolute Gasteiger partial charge is 0.454 e. The number of carbonyl (C=O) groups is 1. The van der Waals surface area contributed by atoms with Crippen molar-refractivity contribution in [1.29, 1.82) is 0 Å². The quantitative estimate of drug-likeness (QED) is 0.372. The highest BCUT2D eigenvalue weighted by Crippen LogP contribution is 2.44. The van der Waals surface area contributed by atoms with Crippen LogP contribution in [0.15, 0.2) is 47.6 Å². The Hall–Kier alpha value is -3.33. The smallest absolute Gasteiger partial charge is 0.247 e. The molecule has 170 valence electrons. The first kappa shape index (κ1) is 21.5. The van der Waals surface area contributed by atoms with Crippen LogP contribution in [0.5, 0.6) is 17.4 Å². The molecule has 3 aromatic rings. The van der Waals surface area contributed by atoms with E-state index in [9.17, 15) is 4.79 Å². The van der Waals surface area contributed by atoms with Crippen molar-refractivity contribution in [2.24, 2.45) is 0 Å². The summed E-state index contributed by atoms with van der Waals surface area (Å²) in [6.45, 7) is 3.86. The summed E-state index contributed by atoms with van der Waals surface area (Å²) in [7, 11) is 0. The summed E-state index contributed by atoms with van der Waals surface area (Å²) in [5.41, 5.74) is 2.69. The van der Waals surface area contributed by atoms with Crippen LogP contribution in [0.1, 0.15) is 44.9 Å². The van der Waals surface area contributed by atoms with Crippen molar-refractivity contribution in [2.45, 2.75) is 44.5 Å². The van der Waals surface area contributed by atoms with E-state index in [1.54, 1.807) is 16.7 Å². The first-order chi connectivity index (χ1) is 16.2. The number of hydrogen-bond donors (Lipinski definition) is 0. The number of anilines is 1. The Morgan fingerprint density at radius 2 is 1.97 bits per heavy atom. The summed E-state index contributed by atoms with van der Waals surface area (Å²) >= 11 is 1.56. The summed E-state index contributed by atoms with van der Waals surface area (Å²) in [5.74, 6) is 2.38. The Morgan fingerprint density at radius 1 is 1.12 bits per heavy atom. The van der Waals surface area contributed by atoms with E-state index in [4.69, 9.17) is 14.2 Å². The lowest BCUT2D eigenvalue weighted by Gasteiger charge is -2.29. The SMILES string of the molecule is CCCCCSc1nnc2c(n1)O[C@H](c1ccc3c(c1)OCO3)N(C(C)=O)c1ccccc1-2. The van der Waals surface area contributed by atoms with E-state index in [-0.39, 0.29) is 12.7 Å². The van der Waals surface area contributed by atoms with Crippen LogP contribution in [-0.4, -0.2) is 33.6 Å². The Kier molecular flexibility index (Phi) is 6.04. The summed E-state index contributed by atoms with van der Waals surface area (Å²) in [6.07, 6.45) is 2.65. The Morgan fingerprint density at radius 3 is 2.82 bits per heavy atom. The highest BCUT2D eigenvalue weighted by Gasteiger charge is 2.35. The molecule has 5 rings (SSSR count). The number of amides is 1. The van der Waals surface area contributed by atoms with Crippen LogP contribution >= 0.6 is 11.8 Å². The molecule has 0 fully saturated rings. The maximum Gasteiger partial charge on any atom is 0.247 e. The van der Waals surface area contributed by atoms with Gasteiger partial charge in [0.15, 0.2) is 17.2 Å². The number of unbranched alkanes of at least 4 members (excludes halogenated alkanes) is 2. The lowest BCUT2D eigenvalue weighted by Crippen LogP contribution is -2.36. The molecule has 0 bridgehead atoms. The fraction of sp³-hybridized carbons (Fsp3) is 0.333. The number of para-hydroxylation sites is 1. The first-order valence-corrected chi connectivity index (χ1v) is 12.0. The van der Waals surface area contributed by atoms with E-state index in [2.05, 4.69) is 22.1 Å². The average Bonchev–Trinajstić information content (AvgIpc) is 3.24. The van der Waals surface area contributed by atoms with E-state index in [0.29, 0.717) is 33.9 Å². The summed E-state index contributed by atoms with van der Waals surface area (Å²) in [4.78, 5) is 19.2.